The molecule has 0 aliphatic carbocycles. The van der Waals surface area contributed by atoms with E-state index in [2.05, 4.69) is 5.32 Å². The van der Waals surface area contributed by atoms with E-state index < -0.39 is 18.2 Å². The monoisotopic (exact) mass is 298 g/mol. The predicted octanol–water partition coefficient (Wildman–Crippen LogP) is 1.79. The fourth-order valence-corrected chi connectivity index (χ4v) is 2.31. The fraction of sp³-hybridized carbons (Fsp3) is 0.278. The van der Waals surface area contributed by atoms with Crippen LogP contribution in [0.25, 0.3) is 0 Å². The van der Waals surface area contributed by atoms with Crippen molar-refractivity contribution in [2.75, 3.05) is 0 Å². The standard InChI is InChI=1S/C18H22N2O2/c1-13(17(21)15-10-6-3-7-11-15)20-18(22)16(19)12-14-8-4-2-5-9-14/h2-11,13,16-17,21H,12,19H2,1H3,(H,20,22)/t13-,16-,17+/m0/s1. The first kappa shape index (κ1) is 16.2. The van der Waals surface area contributed by atoms with E-state index >= 15 is 0 Å². The molecule has 4 heteroatoms. The second kappa shape index (κ2) is 7.73. The lowest BCUT2D eigenvalue weighted by Crippen LogP contribution is -2.47. The van der Waals surface area contributed by atoms with Gasteiger partial charge in [-0.25, -0.2) is 0 Å². The number of benzene rings is 2. The van der Waals surface area contributed by atoms with Crippen LogP contribution in [0.4, 0.5) is 0 Å². The molecular formula is C18H22N2O2. The topological polar surface area (TPSA) is 75.4 Å². The third-order valence-corrected chi connectivity index (χ3v) is 3.62. The number of aliphatic hydroxyl groups excluding tert-OH is 1. The van der Waals surface area contributed by atoms with Crippen LogP contribution < -0.4 is 11.1 Å². The number of hydrogen-bond donors (Lipinski definition) is 3. The molecular weight excluding hydrogens is 276 g/mol. The molecule has 0 saturated carbocycles. The molecule has 1 amide bonds. The Labute approximate surface area is 131 Å². The maximum Gasteiger partial charge on any atom is 0.237 e. The van der Waals surface area contributed by atoms with Gasteiger partial charge >= 0.3 is 0 Å². The van der Waals surface area contributed by atoms with Crippen LogP contribution in [0.2, 0.25) is 0 Å². The van der Waals surface area contributed by atoms with Crippen LogP contribution in [0.5, 0.6) is 0 Å². The van der Waals surface area contributed by atoms with Gasteiger partial charge in [0.05, 0.1) is 18.2 Å². The van der Waals surface area contributed by atoms with Crippen LogP contribution in [-0.2, 0) is 11.2 Å². The van der Waals surface area contributed by atoms with Gasteiger partial charge in [0.15, 0.2) is 0 Å². The molecule has 0 bridgehead atoms. The van der Waals surface area contributed by atoms with E-state index in [4.69, 9.17) is 5.73 Å². The number of aliphatic hydroxyl groups is 1. The lowest BCUT2D eigenvalue weighted by atomic mass is 10.0. The molecule has 116 valence electrons. The Morgan fingerprint density at radius 2 is 1.64 bits per heavy atom. The molecule has 0 aliphatic rings. The Kier molecular flexibility index (Phi) is 5.69. The third kappa shape index (κ3) is 4.41. The Bertz CT molecular complexity index is 587. The average molecular weight is 298 g/mol. The zero-order valence-corrected chi connectivity index (χ0v) is 12.6. The molecule has 0 saturated heterocycles. The van der Waals surface area contributed by atoms with E-state index in [0.29, 0.717) is 6.42 Å². The van der Waals surface area contributed by atoms with E-state index in [0.717, 1.165) is 11.1 Å². The number of hydrogen-bond acceptors (Lipinski definition) is 3. The second-order valence-corrected chi connectivity index (χ2v) is 5.45. The Morgan fingerprint density at radius 3 is 2.23 bits per heavy atom. The number of carbonyl (C=O) groups excluding carboxylic acids is 1. The number of nitrogens with one attached hydrogen (secondary N) is 1. The minimum Gasteiger partial charge on any atom is -0.386 e. The van der Waals surface area contributed by atoms with Gasteiger partial charge in [0, 0.05) is 0 Å². The minimum atomic E-state index is -0.755. The van der Waals surface area contributed by atoms with Gasteiger partial charge in [-0.15, -0.1) is 0 Å². The molecule has 0 aliphatic heterocycles. The minimum absolute atomic E-state index is 0.258. The van der Waals surface area contributed by atoms with Crippen LogP contribution in [0.3, 0.4) is 0 Å². The molecule has 2 rings (SSSR count). The first-order chi connectivity index (χ1) is 10.6. The van der Waals surface area contributed by atoms with Gasteiger partial charge in [0.2, 0.25) is 5.91 Å². The van der Waals surface area contributed by atoms with E-state index in [-0.39, 0.29) is 5.91 Å². The van der Waals surface area contributed by atoms with Crippen molar-refractivity contribution in [3.63, 3.8) is 0 Å². The van der Waals surface area contributed by atoms with Crippen molar-refractivity contribution in [2.24, 2.45) is 5.73 Å². The number of amides is 1. The molecule has 2 aromatic carbocycles. The van der Waals surface area contributed by atoms with Gasteiger partial charge in [0.25, 0.3) is 0 Å². The summed E-state index contributed by atoms with van der Waals surface area (Å²) in [6.45, 7) is 1.77. The summed E-state index contributed by atoms with van der Waals surface area (Å²) >= 11 is 0. The van der Waals surface area contributed by atoms with Crippen LogP contribution >= 0.6 is 0 Å². The molecule has 0 heterocycles. The van der Waals surface area contributed by atoms with E-state index in [9.17, 15) is 9.90 Å². The van der Waals surface area contributed by atoms with E-state index in [1.165, 1.54) is 0 Å². The van der Waals surface area contributed by atoms with Gasteiger partial charge < -0.3 is 16.2 Å². The molecule has 4 N–H and O–H groups in total. The van der Waals surface area contributed by atoms with E-state index in [1.807, 2.05) is 60.7 Å². The van der Waals surface area contributed by atoms with Crippen LogP contribution in [0, 0.1) is 0 Å². The van der Waals surface area contributed by atoms with Crippen molar-refractivity contribution < 1.29 is 9.90 Å². The highest BCUT2D eigenvalue weighted by Crippen LogP contribution is 2.16. The van der Waals surface area contributed by atoms with Crippen molar-refractivity contribution in [2.45, 2.75) is 31.5 Å². The summed E-state index contributed by atoms with van der Waals surface area (Å²) in [4.78, 5) is 12.1. The second-order valence-electron chi connectivity index (χ2n) is 5.45. The van der Waals surface area contributed by atoms with Crippen molar-refractivity contribution in [3.8, 4) is 0 Å². The average Bonchev–Trinajstić information content (AvgIpc) is 2.55. The molecule has 4 nitrogen and oxygen atoms in total. The van der Waals surface area contributed by atoms with Crippen LogP contribution in [0.1, 0.15) is 24.2 Å². The van der Waals surface area contributed by atoms with Gasteiger partial charge in [-0.1, -0.05) is 60.7 Å². The summed E-state index contributed by atoms with van der Waals surface area (Å²) in [5, 5.41) is 13.0. The highest BCUT2D eigenvalue weighted by Gasteiger charge is 2.21. The Hall–Kier alpha value is -2.17. The molecule has 2 aromatic rings. The number of rotatable bonds is 6. The van der Waals surface area contributed by atoms with Crippen molar-refractivity contribution in [1.82, 2.24) is 5.32 Å². The summed E-state index contributed by atoms with van der Waals surface area (Å²) < 4.78 is 0. The summed E-state index contributed by atoms with van der Waals surface area (Å²) in [5.74, 6) is -0.258. The zero-order valence-electron chi connectivity index (χ0n) is 12.6. The maximum absolute atomic E-state index is 12.1. The molecule has 0 fully saturated rings. The highest BCUT2D eigenvalue weighted by atomic mass is 16.3. The van der Waals surface area contributed by atoms with Crippen molar-refractivity contribution in [1.29, 1.82) is 0 Å². The van der Waals surface area contributed by atoms with Gasteiger partial charge in [0.1, 0.15) is 0 Å². The maximum atomic E-state index is 12.1. The molecule has 0 aromatic heterocycles. The van der Waals surface area contributed by atoms with Gasteiger partial charge in [-0.2, -0.15) is 0 Å². The SMILES string of the molecule is C[C@H](NC(=O)[C@@H](N)Cc1ccccc1)[C@@H](O)c1ccccc1. The molecule has 3 atom stereocenters. The van der Waals surface area contributed by atoms with E-state index in [1.54, 1.807) is 6.92 Å². The van der Waals surface area contributed by atoms with Crippen molar-refractivity contribution >= 4 is 5.91 Å². The normalized spacial score (nSPS) is 14.9. The lowest BCUT2D eigenvalue weighted by molar-refractivity contribution is -0.123. The fourth-order valence-electron chi connectivity index (χ4n) is 2.31. The highest BCUT2D eigenvalue weighted by molar-refractivity contribution is 5.82. The predicted molar refractivity (Wildman–Crippen MR) is 87.1 cm³/mol. The molecule has 0 spiro atoms. The smallest absolute Gasteiger partial charge is 0.237 e. The lowest BCUT2D eigenvalue weighted by Gasteiger charge is -2.22. The zero-order chi connectivity index (χ0) is 15.9. The van der Waals surface area contributed by atoms with Gasteiger partial charge in [-0.3, -0.25) is 4.79 Å². The summed E-state index contributed by atoms with van der Waals surface area (Å²) in [5.41, 5.74) is 7.73. The first-order valence-electron chi connectivity index (χ1n) is 7.41. The Morgan fingerprint density at radius 1 is 1.09 bits per heavy atom. The Balaban J connectivity index is 1.90. The first-order valence-corrected chi connectivity index (χ1v) is 7.41. The molecule has 0 unspecified atom stereocenters. The van der Waals surface area contributed by atoms with Gasteiger partial charge in [-0.05, 0) is 24.5 Å². The van der Waals surface area contributed by atoms with Crippen LogP contribution in [0.15, 0.2) is 60.7 Å². The summed E-state index contributed by atoms with van der Waals surface area (Å²) in [7, 11) is 0. The largest absolute Gasteiger partial charge is 0.386 e. The number of carbonyl (C=O) groups is 1. The third-order valence-electron chi connectivity index (χ3n) is 3.62. The molecule has 22 heavy (non-hydrogen) atoms. The molecule has 0 radical (unpaired) electrons. The summed E-state index contributed by atoms with van der Waals surface area (Å²) in [6, 6.07) is 17.9. The van der Waals surface area contributed by atoms with Crippen molar-refractivity contribution in [3.05, 3.63) is 71.8 Å². The number of nitrogens with two attached hydrogens (primary N) is 1. The summed E-state index contributed by atoms with van der Waals surface area (Å²) in [6.07, 6.45) is -0.282. The van der Waals surface area contributed by atoms with Crippen LogP contribution in [-0.4, -0.2) is 23.1 Å². The quantitative estimate of drug-likeness (QED) is 0.761.